The maximum atomic E-state index is 12.4. The summed E-state index contributed by atoms with van der Waals surface area (Å²) < 4.78 is 11.0. The van der Waals surface area contributed by atoms with Crippen LogP contribution in [0, 0.1) is 18.3 Å². The Morgan fingerprint density at radius 2 is 2.09 bits per heavy atom. The first-order valence-corrected chi connectivity index (χ1v) is 6.68. The first-order chi connectivity index (χ1) is 10.7. The molecule has 5 nitrogen and oxygen atoms in total. The van der Waals surface area contributed by atoms with E-state index in [9.17, 15) is 4.79 Å². The van der Waals surface area contributed by atoms with Gasteiger partial charge in [-0.2, -0.15) is 5.26 Å². The minimum absolute atomic E-state index is 0.0483. The van der Waals surface area contributed by atoms with Crippen molar-refractivity contribution in [3.63, 3.8) is 0 Å². The van der Waals surface area contributed by atoms with Crippen molar-refractivity contribution in [3.05, 3.63) is 59.1 Å². The third kappa shape index (κ3) is 2.42. The summed E-state index contributed by atoms with van der Waals surface area (Å²) in [5.74, 6) is 1.13. The Labute approximate surface area is 127 Å². The lowest BCUT2D eigenvalue weighted by molar-refractivity contribution is 0.101. The van der Waals surface area contributed by atoms with Gasteiger partial charge in [-0.15, -0.1) is 0 Å². The fourth-order valence-electron chi connectivity index (χ4n) is 2.25. The molecule has 2 heterocycles. The fourth-order valence-corrected chi connectivity index (χ4v) is 2.25. The Hall–Kier alpha value is -3.13. The molecule has 0 fully saturated rings. The molecule has 22 heavy (non-hydrogen) atoms. The van der Waals surface area contributed by atoms with E-state index in [-0.39, 0.29) is 18.1 Å². The van der Waals surface area contributed by atoms with E-state index in [2.05, 4.69) is 4.98 Å². The zero-order chi connectivity index (χ0) is 15.5. The number of carbonyl (C=O) groups is 1. The van der Waals surface area contributed by atoms with Gasteiger partial charge in [0.2, 0.25) is 5.78 Å². The molecule has 0 spiro atoms. The van der Waals surface area contributed by atoms with E-state index >= 15 is 0 Å². The van der Waals surface area contributed by atoms with Crippen LogP contribution in [0.3, 0.4) is 0 Å². The smallest absolute Gasteiger partial charge is 0.231 e. The van der Waals surface area contributed by atoms with Crippen LogP contribution in [0.25, 0.3) is 6.08 Å². The van der Waals surface area contributed by atoms with E-state index < -0.39 is 0 Å². The van der Waals surface area contributed by atoms with Crippen molar-refractivity contribution in [3.8, 4) is 17.6 Å². The van der Waals surface area contributed by atoms with E-state index in [1.165, 1.54) is 0 Å². The highest BCUT2D eigenvalue weighted by atomic mass is 16.5. The number of benzene rings is 1. The van der Waals surface area contributed by atoms with Crippen LogP contribution in [0.1, 0.15) is 21.5 Å². The standard InChI is InChI=1S/C17H12N2O3/c1-11-14(21-9-6-18)3-2-13-16(20)15(22-17(11)13)10-12-4-7-19-8-5-12/h2-5,7-8,10H,9H2,1H3/b15-10-. The van der Waals surface area contributed by atoms with Crippen molar-refractivity contribution in [2.45, 2.75) is 6.92 Å². The maximum Gasteiger partial charge on any atom is 0.231 e. The molecule has 5 heteroatoms. The summed E-state index contributed by atoms with van der Waals surface area (Å²) in [6.07, 6.45) is 4.98. The predicted molar refractivity (Wildman–Crippen MR) is 79.5 cm³/mol. The molecule has 0 aliphatic carbocycles. The van der Waals surface area contributed by atoms with Crippen LogP contribution in [0.15, 0.2) is 42.4 Å². The number of ketones is 1. The lowest BCUT2D eigenvalue weighted by Gasteiger charge is -2.08. The lowest BCUT2D eigenvalue weighted by Crippen LogP contribution is -1.98. The van der Waals surface area contributed by atoms with Gasteiger partial charge in [-0.25, -0.2) is 0 Å². The third-order valence-electron chi connectivity index (χ3n) is 3.33. The molecule has 0 saturated heterocycles. The summed E-state index contributed by atoms with van der Waals surface area (Å²) in [6, 6.07) is 8.84. The molecular weight excluding hydrogens is 280 g/mol. The topological polar surface area (TPSA) is 72.2 Å². The van der Waals surface area contributed by atoms with Crippen LogP contribution in [0.2, 0.25) is 0 Å². The molecule has 1 aliphatic heterocycles. The largest absolute Gasteiger partial charge is 0.478 e. The molecule has 3 rings (SSSR count). The summed E-state index contributed by atoms with van der Waals surface area (Å²) in [5, 5.41) is 8.59. The van der Waals surface area contributed by atoms with E-state index in [4.69, 9.17) is 14.7 Å². The van der Waals surface area contributed by atoms with E-state index in [0.717, 1.165) is 5.56 Å². The highest BCUT2D eigenvalue weighted by Crippen LogP contribution is 2.39. The van der Waals surface area contributed by atoms with Crippen LogP contribution in [-0.4, -0.2) is 17.4 Å². The number of pyridine rings is 1. The molecule has 0 amide bonds. The first kappa shape index (κ1) is 13.8. The van der Waals surface area contributed by atoms with Crippen LogP contribution >= 0.6 is 0 Å². The molecule has 0 N–H and O–H groups in total. The number of nitriles is 1. The van der Waals surface area contributed by atoms with Gasteiger partial charge in [0, 0.05) is 18.0 Å². The summed E-state index contributed by atoms with van der Waals surface area (Å²) in [6.45, 7) is 1.75. The number of hydrogen-bond donors (Lipinski definition) is 0. The minimum atomic E-state index is -0.165. The van der Waals surface area contributed by atoms with Crippen LogP contribution in [0.4, 0.5) is 0 Å². The molecule has 0 bridgehead atoms. The fraction of sp³-hybridized carbons (Fsp3) is 0.118. The summed E-state index contributed by atoms with van der Waals surface area (Å²) in [4.78, 5) is 16.3. The van der Waals surface area contributed by atoms with Gasteiger partial charge in [-0.1, -0.05) is 0 Å². The zero-order valence-corrected chi connectivity index (χ0v) is 11.9. The summed E-state index contributed by atoms with van der Waals surface area (Å²) in [7, 11) is 0. The van der Waals surface area contributed by atoms with Crippen LogP contribution in [0.5, 0.6) is 11.5 Å². The van der Waals surface area contributed by atoms with Crippen molar-refractivity contribution >= 4 is 11.9 Å². The van der Waals surface area contributed by atoms with E-state index in [1.807, 2.05) is 6.07 Å². The molecular formula is C17H12N2O3. The predicted octanol–water partition coefficient (Wildman–Crippen LogP) is 2.91. The van der Waals surface area contributed by atoms with Crippen molar-refractivity contribution in [2.75, 3.05) is 6.61 Å². The molecule has 0 radical (unpaired) electrons. The monoisotopic (exact) mass is 292 g/mol. The molecule has 0 saturated carbocycles. The summed E-state index contributed by atoms with van der Waals surface area (Å²) in [5.41, 5.74) is 2.05. The molecule has 1 aromatic heterocycles. The number of Topliss-reactive ketones (excluding diaryl/α,β-unsaturated/α-hetero) is 1. The van der Waals surface area contributed by atoms with Gasteiger partial charge in [0.25, 0.3) is 0 Å². The highest BCUT2D eigenvalue weighted by Gasteiger charge is 2.30. The lowest BCUT2D eigenvalue weighted by atomic mass is 10.1. The SMILES string of the molecule is Cc1c(OCC#N)ccc2c1O/C(=C\c1ccncc1)C2=O. The number of fused-ring (bicyclic) bond motifs is 1. The maximum absolute atomic E-state index is 12.4. The number of rotatable bonds is 3. The van der Waals surface area contributed by atoms with Gasteiger partial charge < -0.3 is 9.47 Å². The van der Waals surface area contributed by atoms with Gasteiger partial charge >= 0.3 is 0 Å². The zero-order valence-electron chi connectivity index (χ0n) is 11.9. The summed E-state index contributed by atoms with van der Waals surface area (Å²) >= 11 is 0. The van der Waals surface area contributed by atoms with E-state index in [0.29, 0.717) is 22.6 Å². The van der Waals surface area contributed by atoms with Gasteiger partial charge in [-0.3, -0.25) is 9.78 Å². The minimum Gasteiger partial charge on any atom is -0.478 e. The number of allylic oxidation sites excluding steroid dienone is 1. The molecule has 1 aromatic carbocycles. The molecule has 108 valence electrons. The first-order valence-electron chi connectivity index (χ1n) is 6.68. The molecule has 2 aromatic rings. The quantitative estimate of drug-likeness (QED) is 0.813. The van der Waals surface area contributed by atoms with Gasteiger partial charge in [0.05, 0.1) is 5.56 Å². The normalized spacial score (nSPS) is 14.4. The highest BCUT2D eigenvalue weighted by molar-refractivity contribution is 6.14. The average molecular weight is 292 g/mol. The Morgan fingerprint density at radius 3 is 2.82 bits per heavy atom. The van der Waals surface area contributed by atoms with Gasteiger partial charge in [-0.05, 0) is 42.8 Å². The number of carbonyl (C=O) groups excluding carboxylic acids is 1. The Kier molecular flexibility index (Phi) is 3.58. The Balaban J connectivity index is 1.96. The van der Waals surface area contributed by atoms with Crippen LogP contribution < -0.4 is 9.47 Å². The third-order valence-corrected chi connectivity index (χ3v) is 3.33. The van der Waals surface area contributed by atoms with Crippen molar-refractivity contribution < 1.29 is 14.3 Å². The second kappa shape index (κ2) is 5.70. The number of ether oxygens (including phenoxy) is 2. The van der Waals surface area contributed by atoms with E-state index in [1.54, 1.807) is 49.7 Å². The molecule has 0 unspecified atom stereocenters. The number of aromatic nitrogens is 1. The van der Waals surface area contributed by atoms with Crippen molar-refractivity contribution in [2.24, 2.45) is 0 Å². The Bertz CT molecular complexity index is 805. The van der Waals surface area contributed by atoms with Gasteiger partial charge in [0.1, 0.15) is 17.6 Å². The molecule has 0 atom stereocenters. The Morgan fingerprint density at radius 1 is 1.32 bits per heavy atom. The number of nitrogens with zero attached hydrogens (tertiary/aromatic N) is 2. The number of hydrogen-bond acceptors (Lipinski definition) is 5. The van der Waals surface area contributed by atoms with Gasteiger partial charge in [0.15, 0.2) is 12.4 Å². The second-order valence-electron chi connectivity index (χ2n) is 4.73. The van der Waals surface area contributed by atoms with Crippen molar-refractivity contribution in [1.82, 2.24) is 4.98 Å². The molecule has 1 aliphatic rings. The van der Waals surface area contributed by atoms with Crippen molar-refractivity contribution in [1.29, 1.82) is 5.26 Å². The second-order valence-corrected chi connectivity index (χ2v) is 4.73. The average Bonchev–Trinajstić information content (AvgIpc) is 2.85. The van der Waals surface area contributed by atoms with Crippen LogP contribution in [-0.2, 0) is 0 Å².